The number of hydrogen-bond donors (Lipinski definition) is 3. The van der Waals surface area contributed by atoms with Gasteiger partial charge < -0.3 is 16.0 Å². The zero-order chi connectivity index (χ0) is 13.1. The van der Waals surface area contributed by atoms with Gasteiger partial charge in [0.2, 0.25) is 5.91 Å². The van der Waals surface area contributed by atoms with Crippen LogP contribution in [0.5, 0.6) is 0 Å². The van der Waals surface area contributed by atoms with Crippen LogP contribution in [0.1, 0.15) is 18.2 Å². The molecule has 0 spiro atoms. The largest absolute Gasteiger partial charge is 0.350 e. The number of hydrogen-bond acceptors (Lipinski definition) is 5. The van der Waals surface area contributed by atoms with E-state index in [0.29, 0.717) is 23.2 Å². The van der Waals surface area contributed by atoms with E-state index in [0.717, 1.165) is 4.88 Å². The number of aromatic amines is 1. The lowest BCUT2D eigenvalue weighted by molar-refractivity contribution is -0.122. The second-order valence-corrected chi connectivity index (χ2v) is 5.01. The number of fused-ring (bicyclic) bond motifs is 1. The molecule has 0 fully saturated rings. The summed E-state index contributed by atoms with van der Waals surface area (Å²) < 4.78 is 0. The van der Waals surface area contributed by atoms with Crippen molar-refractivity contribution in [1.29, 1.82) is 0 Å². The molecule has 6 nitrogen and oxygen atoms in total. The molecule has 1 atom stereocenters. The summed E-state index contributed by atoms with van der Waals surface area (Å²) in [5, 5.41) is 3.28. The number of nitrogens with one attached hydrogen (secondary N) is 2. The number of aromatic nitrogens is 2. The third kappa shape index (κ3) is 2.57. The second kappa shape index (κ2) is 5.28. The number of rotatable bonds is 4. The fourth-order valence-corrected chi connectivity index (χ4v) is 2.43. The Labute approximate surface area is 107 Å². The van der Waals surface area contributed by atoms with Crippen LogP contribution in [0.15, 0.2) is 17.2 Å². The molecule has 2 aromatic heterocycles. The number of thiophene rings is 1. The van der Waals surface area contributed by atoms with E-state index >= 15 is 0 Å². The molecule has 4 N–H and O–H groups in total. The highest BCUT2D eigenvalue weighted by atomic mass is 32.1. The molecule has 2 aromatic rings. The lowest BCUT2D eigenvalue weighted by Crippen LogP contribution is -2.39. The standard InChI is InChI=1S/C11H14N4O2S/c1-2-8(12)10(17)13-4-6-3-7-9(16)14-5-15-11(7)18-6/h3,5,8H,2,4,12H2,1H3,(H,13,17)(H,14,15,16). The fourth-order valence-electron chi connectivity index (χ4n) is 1.50. The Bertz CT molecular complexity index is 619. The van der Waals surface area contributed by atoms with E-state index in [1.807, 2.05) is 6.92 Å². The molecule has 96 valence electrons. The number of amides is 1. The summed E-state index contributed by atoms with van der Waals surface area (Å²) in [5.41, 5.74) is 5.44. The van der Waals surface area contributed by atoms with Crippen molar-refractivity contribution in [2.75, 3.05) is 0 Å². The monoisotopic (exact) mass is 266 g/mol. The summed E-state index contributed by atoms with van der Waals surface area (Å²) in [6.07, 6.45) is 1.97. The highest BCUT2D eigenvalue weighted by Gasteiger charge is 2.11. The minimum absolute atomic E-state index is 0.168. The maximum atomic E-state index is 11.5. The first-order valence-corrected chi connectivity index (χ1v) is 6.43. The van der Waals surface area contributed by atoms with Gasteiger partial charge in [-0.3, -0.25) is 9.59 Å². The smallest absolute Gasteiger partial charge is 0.259 e. The molecule has 0 aliphatic heterocycles. The van der Waals surface area contributed by atoms with E-state index < -0.39 is 6.04 Å². The predicted molar refractivity (Wildman–Crippen MR) is 70.4 cm³/mol. The second-order valence-electron chi connectivity index (χ2n) is 3.90. The van der Waals surface area contributed by atoms with Gasteiger partial charge in [0, 0.05) is 4.88 Å². The van der Waals surface area contributed by atoms with E-state index in [-0.39, 0.29) is 11.5 Å². The number of carbonyl (C=O) groups excluding carboxylic acids is 1. The minimum atomic E-state index is -0.485. The van der Waals surface area contributed by atoms with Crippen LogP contribution >= 0.6 is 11.3 Å². The normalized spacial score (nSPS) is 12.6. The minimum Gasteiger partial charge on any atom is -0.350 e. The summed E-state index contributed by atoms with van der Waals surface area (Å²) in [7, 11) is 0. The molecule has 0 aliphatic carbocycles. The van der Waals surface area contributed by atoms with Crippen molar-refractivity contribution in [3.63, 3.8) is 0 Å². The topological polar surface area (TPSA) is 101 Å². The average molecular weight is 266 g/mol. The van der Waals surface area contributed by atoms with Crippen molar-refractivity contribution in [3.8, 4) is 0 Å². The molecular formula is C11H14N4O2S. The third-order valence-electron chi connectivity index (χ3n) is 2.60. The van der Waals surface area contributed by atoms with Gasteiger partial charge in [-0.05, 0) is 12.5 Å². The van der Waals surface area contributed by atoms with Gasteiger partial charge in [0.1, 0.15) is 4.83 Å². The first-order chi connectivity index (χ1) is 8.61. The zero-order valence-corrected chi connectivity index (χ0v) is 10.7. The van der Waals surface area contributed by atoms with Gasteiger partial charge in [-0.2, -0.15) is 0 Å². The van der Waals surface area contributed by atoms with Crippen LogP contribution in [0.3, 0.4) is 0 Å². The van der Waals surface area contributed by atoms with Gasteiger partial charge in [0.15, 0.2) is 0 Å². The van der Waals surface area contributed by atoms with Crippen molar-refractivity contribution in [2.24, 2.45) is 5.73 Å². The van der Waals surface area contributed by atoms with Crippen molar-refractivity contribution >= 4 is 27.5 Å². The van der Waals surface area contributed by atoms with Crippen LogP contribution in [0, 0.1) is 0 Å². The molecule has 0 bridgehead atoms. The van der Waals surface area contributed by atoms with E-state index in [2.05, 4.69) is 15.3 Å². The van der Waals surface area contributed by atoms with Gasteiger partial charge >= 0.3 is 0 Å². The van der Waals surface area contributed by atoms with Crippen LogP contribution in [-0.2, 0) is 11.3 Å². The predicted octanol–water partition coefficient (Wildman–Crippen LogP) is 0.338. The van der Waals surface area contributed by atoms with Gasteiger partial charge in [-0.25, -0.2) is 4.98 Å². The maximum absolute atomic E-state index is 11.5. The summed E-state index contributed by atoms with van der Waals surface area (Å²) >= 11 is 1.39. The molecule has 1 unspecified atom stereocenters. The lowest BCUT2D eigenvalue weighted by Gasteiger charge is -2.08. The van der Waals surface area contributed by atoms with E-state index in [4.69, 9.17) is 5.73 Å². The summed E-state index contributed by atoms with van der Waals surface area (Å²) in [6, 6.07) is 1.25. The number of nitrogens with two attached hydrogens (primary N) is 1. The van der Waals surface area contributed by atoms with Gasteiger partial charge in [-0.1, -0.05) is 6.92 Å². The molecule has 2 rings (SSSR count). The molecule has 0 aliphatic rings. The molecule has 1 amide bonds. The Morgan fingerprint density at radius 2 is 2.44 bits per heavy atom. The van der Waals surface area contributed by atoms with Gasteiger partial charge in [-0.15, -0.1) is 11.3 Å². The van der Waals surface area contributed by atoms with Crippen LogP contribution in [0.4, 0.5) is 0 Å². The van der Waals surface area contributed by atoms with Crippen LogP contribution in [0.25, 0.3) is 10.2 Å². The van der Waals surface area contributed by atoms with Crippen molar-refractivity contribution in [1.82, 2.24) is 15.3 Å². The SMILES string of the molecule is CCC(N)C(=O)NCc1cc2c(=O)[nH]cnc2s1. The first-order valence-electron chi connectivity index (χ1n) is 5.61. The molecule has 18 heavy (non-hydrogen) atoms. The number of nitrogens with zero attached hydrogens (tertiary/aromatic N) is 1. The van der Waals surface area contributed by atoms with Crippen molar-refractivity contribution in [2.45, 2.75) is 25.9 Å². The summed E-state index contributed by atoms with van der Waals surface area (Å²) in [5.74, 6) is -0.183. The Kier molecular flexibility index (Phi) is 3.73. The third-order valence-corrected chi connectivity index (χ3v) is 3.64. The molecule has 0 saturated carbocycles. The van der Waals surface area contributed by atoms with Gasteiger partial charge in [0.05, 0.1) is 24.3 Å². The van der Waals surface area contributed by atoms with E-state index in [1.54, 1.807) is 6.07 Å². The molecule has 0 radical (unpaired) electrons. The molecule has 7 heteroatoms. The van der Waals surface area contributed by atoms with Gasteiger partial charge in [0.25, 0.3) is 5.56 Å². The summed E-state index contributed by atoms with van der Waals surface area (Å²) in [6.45, 7) is 2.22. The molecule has 2 heterocycles. The molecule has 0 saturated heterocycles. The van der Waals surface area contributed by atoms with Crippen LogP contribution in [0.2, 0.25) is 0 Å². The van der Waals surface area contributed by atoms with E-state index in [9.17, 15) is 9.59 Å². The highest BCUT2D eigenvalue weighted by molar-refractivity contribution is 7.18. The molecular weight excluding hydrogens is 252 g/mol. The number of carbonyl (C=O) groups is 1. The number of H-pyrrole nitrogens is 1. The Hall–Kier alpha value is -1.73. The Morgan fingerprint density at radius 3 is 3.11 bits per heavy atom. The average Bonchev–Trinajstić information content (AvgIpc) is 2.79. The van der Waals surface area contributed by atoms with Crippen molar-refractivity contribution in [3.05, 3.63) is 27.6 Å². The summed E-state index contributed by atoms with van der Waals surface area (Å²) in [4.78, 5) is 31.1. The van der Waals surface area contributed by atoms with Crippen LogP contribution < -0.4 is 16.6 Å². The zero-order valence-electron chi connectivity index (χ0n) is 9.90. The highest BCUT2D eigenvalue weighted by Crippen LogP contribution is 2.20. The first kappa shape index (κ1) is 12.7. The Morgan fingerprint density at radius 1 is 1.67 bits per heavy atom. The fraction of sp³-hybridized carbons (Fsp3) is 0.364. The van der Waals surface area contributed by atoms with Crippen LogP contribution in [-0.4, -0.2) is 21.9 Å². The quantitative estimate of drug-likeness (QED) is 0.742. The Balaban J connectivity index is 2.11. The molecule has 0 aromatic carbocycles. The lowest BCUT2D eigenvalue weighted by atomic mass is 10.2. The maximum Gasteiger partial charge on any atom is 0.259 e. The van der Waals surface area contributed by atoms with E-state index in [1.165, 1.54) is 17.7 Å². The van der Waals surface area contributed by atoms with Crippen molar-refractivity contribution < 1.29 is 4.79 Å².